The molecule has 0 aliphatic heterocycles. The number of hydrogen-bond acceptors (Lipinski definition) is 3. The normalized spacial score (nSPS) is 10.8. The highest BCUT2D eigenvalue weighted by Gasteiger charge is 2.07. The summed E-state index contributed by atoms with van der Waals surface area (Å²) in [5.74, 6) is 0.486. The Labute approximate surface area is 83.1 Å². The van der Waals surface area contributed by atoms with Crippen LogP contribution in [0.15, 0.2) is 12.1 Å². The number of fused-ring (bicyclic) bond motifs is 1. The Bertz CT molecular complexity index is 438. The van der Waals surface area contributed by atoms with Gasteiger partial charge in [-0.1, -0.05) is 23.2 Å². The standard InChI is InChI=1S/C7H4Cl2N2S/c8-3-1-4-6(5(9)2-3)12-11-7(4)10/h1-2H,(H2,10,11). The molecular formula is C7H4Cl2N2S. The minimum Gasteiger partial charge on any atom is -0.382 e. The van der Waals surface area contributed by atoms with Crippen molar-refractivity contribution in [3.05, 3.63) is 22.2 Å². The van der Waals surface area contributed by atoms with Gasteiger partial charge in [-0.25, -0.2) is 0 Å². The van der Waals surface area contributed by atoms with Crippen LogP contribution in [0.3, 0.4) is 0 Å². The van der Waals surface area contributed by atoms with Gasteiger partial charge in [0, 0.05) is 10.4 Å². The van der Waals surface area contributed by atoms with E-state index >= 15 is 0 Å². The van der Waals surface area contributed by atoms with Crippen molar-refractivity contribution in [2.24, 2.45) is 0 Å². The monoisotopic (exact) mass is 218 g/mol. The van der Waals surface area contributed by atoms with Gasteiger partial charge in [0.1, 0.15) is 5.82 Å². The first-order valence-corrected chi connectivity index (χ1v) is 4.71. The second-order valence-electron chi connectivity index (χ2n) is 2.33. The van der Waals surface area contributed by atoms with Crippen LogP contribution in [0, 0.1) is 0 Å². The molecule has 2 nitrogen and oxygen atoms in total. The van der Waals surface area contributed by atoms with Crippen LogP contribution in [0.25, 0.3) is 10.1 Å². The van der Waals surface area contributed by atoms with E-state index < -0.39 is 0 Å². The lowest BCUT2D eigenvalue weighted by atomic mass is 10.3. The van der Waals surface area contributed by atoms with E-state index in [0.717, 1.165) is 10.1 Å². The van der Waals surface area contributed by atoms with Crippen molar-refractivity contribution in [3.63, 3.8) is 0 Å². The van der Waals surface area contributed by atoms with Gasteiger partial charge in [-0.2, -0.15) is 4.37 Å². The SMILES string of the molecule is Nc1nsc2c(Cl)cc(Cl)cc12. The van der Waals surface area contributed by atoms with E-state index in [2.05, 4.69) is 4.37 Å². The second-order valence-corrected chi connectivity index (χ2v) is 3.95. The summed E-state index contributed by atoms with van der Waals surface area (Å²) in [6, 6.07) is 3.45. The van der Waals surface area contributed by atoms with E-state index in [1.54, 1.807) is 12.1 Å². The van der Waals surface area contributed by atoms with E-state index in [1.807, 2.05) is 0 Å². The van der Waals surface area contributed by atoms with Crippen molar-refractivity contribution in [2.75, 3.05) is 5.73 Å². The summed E-state index contributed by atoms with van der Waals surface area (Å²) in [4.78, 5) is 0. The molecule has 0 unspecified atom stereocenters. The Morgan fingerprint density at radius 2 is 2.08 bits per heavy atom. The Morgan fingerprint density at radius 1 is 1.33 bits per heavy atom. The lowest BCUT2D eigenvalue weighted by molar-refractivity contribution is 1.59. The molecule has 0 atom stereocenters. The minimum atomic E-state index is 0.486. The first kappa shape index (κ1) is 8.10. The third-order valence-electron chi connectivity index (χ3n) is 1.52. The summed E-state index contributed by atoms with van der Waals surface area (Å²) >= 11 is 13.0. The van der Waals surface area contributed by atoms with Crippen LogP contribution in [0.2, 0.25) is 10.0 Å². The average molecular weight is 219 g/mol. The molecule has 2 rings (SSSR count). The summed E-state index contributed by atoms with van der Waals surface area (Å²) in [6.45, 7) is 0. The van der Waals surface area contributed by atoms with Crippen molar-refractivity contribution in [1.29, 1.82) is 0 Å². The lowest BCUT2D eigenvalue weighted by Crippen LogP contribution is -1.82. The Balaban J connectivity index is 2.92. The summed E-state index contributed by atoms with van der Waals surface area (Å²) in [7, 11) is 0. The van der Waals surface area contributed by atoms with Gasteiger partial charge in [0.2, 0.25) is 0 Å². The third-order valence-corrected chi connectivity index (χ3v) is 3.06. The molecule has 1 heterocycles. The van der Waals surface area contributed by atoms with Gasteiger partial charge in [0.05, 0.1) is 9.72 Å². The van der Waals surface area contributed by atoms with Crippen LogP contribution in [0.4, 0.5) is 5.82 Å². The Hall–Kier alpha value is -0.510. The molecule has 2 N–H and O–H groups in total. The fourth-order valence-electron chi connectivity index (χ4n) is 0.987. The van der Waals surface area contributed by atoms with Gasteiger partial charge in [0.25, 0.3) is 0 Å². The molecule has 0 saturated carbocycles. The predicted octanol–water partition coefficient (Wildman–Crippen LogP) is 3.19. The summed E-state index contributed by atoms with van der Waals surface area (Å²) in [5.41, 5.74) is 5.60. The molecule has 1 aromatic heterocycles. The first-order valence-electron chi connectivity index (χ1n) is 3.18. The average Bonchev–Trinajstić information content (AvgIpc) is 2.33. The number of nitrogens with zero attached hydrogens (tertiary/aromatic N) is 1. The summed E-state index contributed by atoms with van der Waals surface area (Å²) in [5, 5.41) is 2.02. The predicted molar refractivity (Wildman–Crippen MR) is 54.1 cm³/mol. The Kier molecular flexibility index (Phi) is 1.87. The van der Waals surface area contributed by atoms with Gasteiger partial charge >= 0.3 is 0 Å². The molecule has 0 radical (unpaired) electrons. The highest BCUT2D eigenvalue weighted by molar-refractivity contribution is 7.14. The van der Waals surface area contributed by atoms with E-state index in [1.165, 1.54) is 11.5 Å². The number of hydrogen-bond donors (Lipinski definition) is 1. The van der Waals surface area contributed by atoms with Gasteiger partial charge < -0.3 is 5.73 Å². The number of halogens is 2. The number of nitrogen functional groups attached to an aromatic ring is 1. The maximum absolute atomic E-state index is 5.91. The molecule has 0 saturated heterocycles. The van der Waals surface area contributed by atoms with Crippen LogP contribution >= 0.6 is 34.7 Å². The smallest absolute Gasteiger partial charge is 0.145 e. The summed E-state index contributed by atoms with van der Waals surface area (Å²) in [6.07, 6.45) is 0. The maximum Gasteiger partial charge on any atom is 0.145 e. The zero-order chi connectivity index (χ0) is 8.72. The first-order chi connectivity index (χ1) is 5.68. The molecule has 0 aliphatic carbocycles. The number of anilines is 1. The molecule has 5 heteroatoms. The van der Waals surface area contributed by atoms with Crippen molar-refractivity contribution in [3.8, 4) is 0 Å². The van der Waals surface area contributed by atoms with E-state index in [-0.39, 0.29) is 0 Å². The van der Waals surface area contributed by atoms with E-state index in [0.29, 0.717) is 15.9 Å². The fraction of sp³-hybridized carbons (Fsp3) is 0. The van der Waals surface area contributed by atoms with Gasteiger partial charge in [-0.05, 0) is 23.7 Å². The van der Waals surface area contributed by atoms with Gasteiger partial charge in [-0.15, -0.1) is 0 Å². The van der Waals surface area contributed by atoms with E-state index in [4.69, 9.17) is 28.9 Å². The van der Waals surface area contributed by atoms with Crippen molar-refractivity contribution in [2.45, 2.75) is 0 Å². The molecule has 0 spiro atoms. The molecule has 0 aliphatic rings. The second kappa shape index (κ2) is 2.76. The van der Waals surface area contributed by atoms with Crippen LogP contribution in [-0.2, 0) is 0 Å². The molecule has 0 amide bonds. The van der Waals surface area contributed by atoms with Crippen LogP contribution < -0.4 is 5.73 Å². The third kappa shape index (κ3) is 1.14. The van der Waals surface area contributed by atoms with Gasteiger partial charge in [-0.3, -0.25) is 0 Å². The van der Waals surface area contributed by atoms with Crippen molar-refractivity contribution >= 4 is 50.6 Å². The van der Waals surface area contributed by atoms with E-state index in [9.17, 15) is 0 Å². The van der Waals surface area contributed by atoms with Crippen molar-refractivity contribution < 1.29 is 0 Å². The quantitative estimate of drug-likeness (QED) is 0.738. The molecule has 62 valence electrons. The minimum absolute atomic E-state index is 0.486. The number of rotatable bonds is 0. The fourth-order valence-corrected chi connectivity index (χ4v) is 2.28. The highest BCUT2D eigenvalue weighted by Crippen LogP contribution is 2.33. The molecular weight excluding hydrogens is 215 g/mol. The molecule has 1 aromatic carbocycles. The molecule has 0 fully saturated rings. The zero-order valence-electron chi connectivity index (χ0n) is 5.84. The number of benzene rings is 1. The number of nitrogens with two attached hydrogens (primary N) is 1. The topological polar surface area (TPSA) is 38.9 Å². The Morgan fingerprint density at radius 3 is 2.83 bits per heavy atom. The number of aromatic nitrogens is 1. The van der Waals surface area contributed by atoms with Crippen LogP contribution in [0.5, 0.6) is 0 Å². The maximum atomic E-state index is 5.91. The summed E-state index contributed by atoms with van der Waals surface area (Å²) < 4.78 is 4.86. The largest absolute Gasteiger partial charge is 0.382 e. The van der Waals surface area contributed by atoms with Crippen molar-refractivity contribution in [1.82, 2.24) is 4.37 Å². The van der Waals surface area contributed by atoms with Gasteiger partial charge in [0.15, 0.2) is 0 Å². The van der Waals surface area contributed by atoms with Crippen LogP contribution in [0.1, 0.15) is 0 Å². The lowest BCUT2D eigenvalue weighted by Gasteiger charge is -1.94. The highest BCUT2D eigenvalue weighted by atomic mass is 35.5. The molecule has 0 bridgehead atoms. The molecule has 2 aromatic rings. The zero-order valence-corrected chi connectivity index (χ0v) is 8.17. The molecule has 12 heavy (non-hydrogen) atoms. The van der Waals surface area contributed by atoms with Crippen LogP contribution in [-0.4, -0.2) is 4.37 Å².